The Hall–Kier alpha value is -2.21. The SMILES string of the molecule is C#CCNS(=O)(=O)c1cccc(C(=O)Nc2ccc(Br)cc2F)c1. The molecule has 5 nitrogen and oxygen atoms in total. The Balaban J connectivity index is 2.25. The average Bonchev–Trinajstić information content (AvgIpc) is 2.55. The predicted molar refractivity (Wildman–Crippen MR) is 92.5 cm³/mol. The summed E-state index contributed by atoms with van der Waals surface area (Å²) in [4.78, 5) is 12.1. The van der Waals surface area contributed by atoms with Crippen LogP contribution in [-0.2, 0) is 10.0 Å². The molecule has 2 N–H and O–H groups in total. The van der Waals surface area contributed by atoms with E-state index in [0.717, 1.165) is 0 Å². The fourth-order valence-corrected chi connectivity index (χ4v) is 3.12. The number of carbonyl (C=O) groups excluding carboxylic acids is 1. The second kappa shape index (κ2) is 7.57. The Morgan fingerprint density at radius 1 is 1.25 bits per heavy atom. The number of amides is 1. The maximum absolute atomic E-state index is 13.8. The Morgan fingerprint density at radius 2 is 2.00 bits per heavy atom. The van der Waals surface area contributed by atoms with Gasteiger partial charge in [-0.15, -0.1) is 6.42 Å². The summed E-state index contributed by atoms with van der Waals surface area (Å²) in [5, 5.41) is 2.39. The molecule has 0 bridgehead atoms. The standard InChI is InChI=1S/C16H12BrFN2O3S/c1-2-8-19-24(22,23)13-5-3-4-11(9-13)16(21)20-15-7-6-12(17)10-14(15)18/h1,3-7,9-10,19H,8H2,(H,20,21). The van der Waals surface area contributed by atoms with Crippen molar-refractivity contribution in [2.75, 3.05) is 11.9 Å². The van der Waals surface area contributed by atoms with Crippen LogP contribution in [0.15, 0.2) is 51.8 Å². The van der Waals surface area contributed by atoms with E-state index >= 15 is 0 Å². The van der Waals surface area contributed by atoms with Gasteiger partial charge in [-0.2, -0.15) is 4.72 Å². The van der Waals surface area contributed by atoms with E-state index in [2.05, 4.69) is 31.9 Å². The molecule has 0 aromatic heterocycles. The van der Waals surface area contributed by atoms with Gasteiger partial charge in [-0.3, -0.25) is 4.79 Å². The van der Waals surface area contributed by atoms with Crippen molar-refractivity contribution < 1.29 is 17.6 Å². The average molecular weight is 411 g/mol. The number of benzene rings is 2. The lowest BCUT2D eigenvalue weighted by Gasteiger charge is -2.09. The third-order valence-electron chi connectivity index (χ3n) is 2.95. The van der Waals surface area contributed by atoms with Gasteiger partial charge in [0.1, 0.15) is 5.82 Å². The van der Waals surface area contributed by atoms with E-state index in [0.29, 0.717) is 4.47 Å². The fraction of sp³-hybridized carbons (Fsp3) is 0.0625. The van der Waals surface area contributed by atoms with Crippen molar-refractivity contribution in [3.8, 4) is 12.3 Å². The second-order valence-corrected chi connectivity index (χ2v) is 7.32. The van der Waals surface area contributed by atoms with Crippen molar-refractivity contribution >= 4 is 37.5 Å². The Labute approximate surface area is 147 Å². The van der Waals surface area contributed by atoms with Crippen molar-refractivity contribution in [2.24, 2.45) is 0 Å². The van der Waals surface area contributed by atoms with Crippen LogP contribution in [0.3, 0.4) is 0 Å². The van der Waals surface area contributed by atoms with Crippen LogP contribution in [0.2, 0.25) is 0 Å². The third-order valence-corrected chi connectivity index (χ3v) is 4.84. The van der Waals surface area contributed by atoms with Crippen molar-refractivity contribution in [3.05, 3.63) is 58.3 Å². The monoisotopic (exact) mass is 410 g/mol. The van der Waals surface area contributed by atoms with Crippen molar-refractivity contribution in [3.63, 3.8) is 0 Å². The number of sulfonamides is 1. The van der Waals surface area contributed by atoms with Crippen LogP contribution in [0.4, 0.5) is 10.1 Å². The minimum Gasteiger partial charge on any atom is -0.319 e. The van der Waals surface area contributed by atoms with Crippen LogP contribution in [0.1, 0.15) is 10.4 Å². The predicted octanol–water partition coefficient (Wildman–Crippen LogP) is 2.75. The Bertz CT molecular complexity index is 923. The van der Waals surface area contributed by atoms with E-state index in [4.69, 9.17) is 6.42 Å². The number of nitrogens with one attached hydrogen (secondary N) is 2. The highest BCUT2D eigenvalue weighted by molar-refractivity contribution is 9.10. The maximum Gasteiger partial charge on any atom is 0.255 e. The van der Waals surface area contributed by atoms with Crippen LogP contribution < -0.4 is 10.0 Å². The summed E-state index contributed by atoms with van der Waals surface area (Å²) in [7, 11) is -3.82. The lowest BCUT2D eigenvalue weighted by Crippen LogP contribution is -2.24. The molecule has 0 aliphatic rings. The van der Waals surface area contributed by atoms with Crippen LogP contribution >= 0.6 is 15.9 Å². The first-order valence-corrected chi connectivity index (χ1v) is 8.91. The van der Waals surface area contributed by atoms with E-state index in [1.165, 1.54) is 36.4 Å². The summed E-state index contributed by atoms with van der Waals surface area (Å²) in [6, 6.07) is 9.53. The minimum absolute atomic E-state index is 0.0121. The minimum atomic E-state index is -3.82. The van der Waals surface area contributed by atoms with Crippen LogP contribution in [-0.4, -0.2) is 20.9 Å². The molecule has 124 valence electrons. The van der Waals surface area contributed by atoms with Gasteiger partial charge in [-0.05, 0) is 36.4 Å². The molecule has 0 aliphatic heterocycles. The summed E-state index contributed by atoms with van der Waals surface area (Å²) in [5.41, 5.74) is 0.0582. The van der Waals surface area contributed by atoms with Gasteiger partial charge in [0, 0.05) is 10.0 Å². The first-order chi connectivity index (χ1) is 11.3. The number of hydrogen-bond acceptors (Lipinski definition) is 3. The zero-order valence-corrected chi connectivity index (χ0v) is 14.6. The van der Waals surface area contributed by atoms with Gasteiger partial charge in [-0.25, -0.2) is 12.8 Å². The fourth-order valence-electron chi connectivity index (χ4n) is 1.81. The summed E-state index contributed by atoms with van der Waals surface area (Å²) in [6.45, 7) is -0.164. The molecule has 2 rings (SSSR count). The van der Waals surface area contributed by atoms with Crippen molar-refractivity contribution in [1.82, 2.24) is 4.72 Å². The molecule has 2 aromatic rings. The molecule has 0 unspecified atom stereocenters. The number of rotatable bonds is 5. The molecular formula is C16H12BrFN2O3S. The van der Waals surface area contributed by atoms with Gasteiger partial charge in [0.05, 0.1) is 17.1 Å². The van der Waals surface area contributed by atoms with E-state index < -0.39 is 21.7 Å². The molecule has 2 aromatic carbocycles. The topological polar surface area (TPSA) is 75.3 Å². The van der Waals surface area contributed by atoms with Gasteiger partial charge in [0.25, 0.3) is 5.91 Å². The summed E-state index contributed by atoms with van der Waals surface area (Å²) in [5.74, 6) is 0.912. The lowest BCUT2D eigenvalue weighted by molar-refractivity contribution is 0.102. The van der Waals surface area contributed by atoms with Gasteiger partial charge in [0.15, 0.2) is 0 Å². The van der Waals surface area contributed by atoms with E-state index in [1.807, 2.05) is 0 Å². The number of terminal acetylenes is 1. The van der Waals surface area contributed by atoms with Gasteiger partial charge in [0.2, 0.25) is 10.0 Å². The number of hydrogen-bond donors (Lipinski definition) is 2. The lowest BCUT2D eigenvalue weighted by atomic mass is 10.2. The van der Waals surface area contributed by atoms with Crippen LogP contribution in [0, 0.1) is 18.2 Å². The third kappa shape index (κ3) is 4.41. The molecular weight excluding hydrogens is 399 g/mol. The number of halogens is 2. The molecule has 0 saturated carbocycles. The normalized spacial score (nSPS) is 10.9. The Morgan fingerprint density at radius 3 is 2.67 bits per heavy atom. The second-order valence-electron chi connectivity index (χ2n) is 4.63. The number of anilines is 1. The van der Waals surface area contributed by atoms with Gasteiger partial charge >= 0.3 is 0 Å². The van der Waals surface area contributed by atoms with Crippen LogP contribution in [0.5, 0.6) is 0 Å². The van der Waals surface area contributed by atoms with Gasteiger partial charge < -0.3 is 5.32 Å². The molecule has 24 heavy (non-hydrogen) atoms. The largest absolute Gasteiger partial charge is 0.319 e. The highest BCUT2D eigenvalue weighted by atomic mass is 79.9. The molecule has 0 fully saturated rings. The Kier molecular flexibility index (Phi) is 5.72. The molecule has 0 atom stereocenters. The molecule has 0 radical (unpaired) electrons. The highest BCUT2D eigenvalue weighted by Crippen LogP contribution is 2.20. The summed E-state index contributed by atoms with van der Waals surface area (Å²) in [6.07, 6.45) is 5.02. The summed E-state index contributed by atoms with van der Waals surface area (Å²) >= 11 is 3.12. The first kappa shape index (κ1) is 18.1. The quantitative estimate of drug-likeness (QED) is 0.744. The zero-order chi connectivity index (χ0) is 17.7. The molecule has 8 heteroatoms. The zero-order valence-electron chi connectivity index (χ0n) is 12.2. The summed E-state index contributed by atoms with van der Waals surface area (Å²) < 4.78 is 40.5. The first-order valence-electron chi connectivity index (χ1n) is 6.63. The van der Waals surface area contributed by atoms with Crippen molar-refractivity contribution in [1.29, 1.82) is 0 Å². The molecule has 1 amide bonds. The maximum atomic E-state index is 13.8. The smallest absolute Gasteiger partial charge is 0.255 e. The van der Waals surface area contributed by atoms with Gasteiger partial charge in [-0.1, -0.05) is 27.9 Å². The molecule has 0 heterocycles. The molecule has 0 saturated heterocycles. The highest BCUT2D eigenvalue weighted by Gasteiger charge is 2.16. The number of carbonyl (C=O) groups is 1. The van der Waals surface area contributed by atoms with Crippen LogP contribution in [0.25, 0.3) is 0 Å². The molecule has 0 aliphatic carbocycles. The van der Waals surface area contributed by atoms with E-state index in [9.17, 15) is 17.6 Å². The van der Waals surface area contributed by atoms with E-state index in [1.54, 1.807) is 6.07 Å². The van der Waals surface area contributed by atoms with E-state index in [-0.39, 0.29) is 22.7 Å². The van der Waals surface area contributed by atoms with Crippen molar-refractivity contribution in [2.45, 2.75) is 4.90 Å². The molecule has 0 spiro atoms.